The van der Waals surface area contributed by atoms with Crippen molar-refractivity contribution in [1.29, 1.82) is 0 Å². The Morgan fingerprint density at radius 1 is 1.35 bits per heavy atom. The van der Waals surface area contributed by atoms with E-state index in [9.17, 15) is 12.8 Å². The standard InChI is InChI=1S/C11H15FN2O2S/c1-8-6-13-7-10(8)14-17(15,16)11-5-3-2-4-9(11)12/h2-5,8,10,13-14H,6-7H2,1H3. The van der Waals surface area contributed by atoms with E-state index >= 15 is 0 Å². The van der Waals surface area contributed by atoms with Crippen molar-refractivity contribution in [2.75, 3.05) is 13.1 Å². The predicted molar refractivity (Wildman–Crippen MR) is 62.5 cm³/mol. The van der Waals surface area contributed by atoms with E-state index in [4.69, 9.17) is 0 Å². The molecular weight excluding hydrogens is 243 g/mol. The number of hydrogen-bond acceptors (Lipinski definition) is 3. The summed E-state index contributed by atoms with van der Waals surface area (Å²) in [4.78, 5) is -0.292. The lowest BCUT2D eigenvalue weighted by Gasteiger charge is -2.16. The summed E-state index contributed by atoms with van der Waals surface area (Å²) >= 11 is 0. The van der Waals surface area contributed by atoms with Gasteiger partial charge in [-0.2, -0.15) is 0 Å². The van der Waals surface area contributed by atoms with Crippen LogP contribution in [-0.2, 0) is 10.0 Å². The summed E-state index contributed by atoms with van der Waals surface area (Å²) in [6.07, 6.45) is 0. The second-order valence-corrected chi connectivity index (χ2v) is 5.98. The van der Waals surface area contributed by atoms with E-state index in [1.165, 1.54) is 18.2 Å². The monoisotopic (exact) mass is 258 g/mol. The molecule has 0 bridgehead atoms. The molecule has 17 heavy (non-hydrogen) atoms. The highest BCUT2D eigenvalue weighted by molar-refractivity contribution is 7.89. The molecule has 0 radical (unpaired) electrons. The molecule has 1 aliphatic heterocycles. The fourth-order valence-corrected chi connectivity index (χ4v) is 3.32. The first-order valence-electron chi connectivity index (χ1n) is 5.48. The van der Waals surface area contributed by atoms with Gasteiger partial charge in [-0.05, 0) is 24.6 Å². The van der Waals surface area contributed by atoms with Crippen LogP contribution in [-0.4, -0.2) is 27.5 Å². The molecule has 1 aromatic rings. The quantitative estimate of drug-likeness (QED) is 0.839. The van der Waals surface area contributed by atoms with Crippen LogP contribution in [0.4, 0.5) is 4.39 Å². The highest BCUT2D eigenvalue weighted by Crippen LogP contribution is 2.16. The molecule has 1 aromatic carbocycles. The van der Waals surface area contributed by atoms with Crippen molar-refractivity contribution in [2.45, 2.75) is 17.9 Å². The van der Waals surface area contributed by atoms with Crippen LogP contribution in [0.5, 0.6) is 0 Å². The molecule has 94 valence electrons. The van der Waals surface area contributed by atoms with Gasteiger partial charge in [0.15, 0.2) is 0 Å². The Morgan fingerprint density at radius 3 is 2.65 bits per heavy atom. The summed E-state index contributed by atoms with van der Waals surface area (Å²) in [7, 11) is -3.77. The van der Waals surface area contributed by atoms with E-state index in [1.54, 1.807) is 0 Å². The van der Waals surface area contributed by atoms with Crippen LogP contribution in [0.25, 0.3) is 0 Å². The lowest BCUT2D eigenvalue weighted by atomic mass is 10.1. The summed E-state index contributed by atoms with van der Waals surface area (Å²) in [6, 6.07) is 5.21. The molecule has 2 unspecified atom stereocenters. The molecule has 4 nitrogen and oxygen atoms in total. The second kappa shape index (κ2) is 4.72. The van der Waals surface area contributed by atoms with Gasteiger partial charge in [0, 0.05) is 12.6 Å². The molecule has 1 heterocycles. The molecule has 1 aliphatic rings. The minimum atomic E-state index is -3.77. The zero-order chi connectivity index (χ0) is 12.5. The van der Waals surface area contributed by atoms with Gasteiger partial charge in [0.1, 0.15) is 10.7 Å². The molecule has 2 N–H and O–H groups in total. The SMILES string of the molecule is CC1CNCC1NS(=O)(=O)c1ccccc1F. The van der Waals surface area contributed by atoms with Gasteiger partial charge in [-0.15, -0.1) is 0 Å². The first kappa shape index (κ1) is 12.5. The van der Waals surface area contributed by atoms with Crippen LogP contribution >= 0.6 is 0 Å². The van der Waals surface area contributed by atoms with Gasteiger partial charge in [-0.3, -0.25) is 0 Å². The van der Waals surface area contributed by atoms with Crippen molar-refractivity contribution >= 4 is 10.0 Å². The molecular formula is C11H15FN2O2S. The fraction of sp³-hybridized carbons (Fsp3) is 0.455. The Labute approximate surface area is 100 Å². The Balaban J connectivity index is 2.22. The molecule has 6 heteroatoms. The summed E-state index contributed by atoms with van der Waals surface area (Å²) in [5, 5.41) is 3.09. The number of rotatable bonds is 3. The third-order valence-corrected chi connectivity index (χ3v) is 4.47. The van der Waals surface area contributed by atoms with Crippen LogP contribution in [0, 0.1) is 11.7 Å². The molecule has 1 fully saturated rings. The van der Waals surface area contributed by atoms with E-state index in [1.807, 2.05) is 6.92 Å². The molecule has 2 rings (SSSR count). The van der Waals surface area contributed by atoms with Gasteiger partial charge in [0.05, 0.1) is 0 Å². The smallest absolute Gasteiger partial charge is 0.243 e. The molecule has 0 amide bonds. The van der Waals surface area contributed by atoms with E-state index in [-0.39, 0.29) is 16.9 Å². The number of halogens is 1. The van der Waals surface area contributed by atoms with Crippen LogP contribution in [0.2, 0.25) is 0 Å². The van der Waals surface area contributed by atoms with Gasteiger partial charge in [-0.1, -0.05) is 19.1 Å². The molecule has 1 saturated heterocycles. The maximum absolute atomic E-state index is 13.4. The van der Waals surface area contributed by atoms with Gasteiger partial charge >= 0.3 is 0 Å². The molecule has 0 aromatic heterocycles. The topological polar surface area (TPSA) is 58.2 Å². The molecule has 0 saturated carbocycles. The Morgan fingerprint density at radius 2 is 2.06 bits per heavy atom. The van der Waals surface area contributed by atoms with Crippen LogP contribution in [0.15, 0.2) is 29.2 Å². The zero-order valence-electron chi connectivity index (χ0n) is 9.48. The van der Waals surface area contributed by atoms with Crippen molar-refractivity contribution in [1.82, 2.24) is 10.0 Å². The number of benzene rings is 1. The summed E-state index contributed by atoms with van der Waals surface area (Å²) in [5.74, 6) is -0.518. The molecule has 0 spiro atoms. The van der Waals surface area contributed by atoms with Crippen molar-refractivity contribution in [3.05, 3.63) is 30.1 Å². The largest absolute Gasteiger partial charge is 0.315 e. The van der Waals surface area contributed by atoms with Crippen molar-refractivity contribution in [2.24, 2.45) is 5.92 Å². The molecule has 2 atom stereocenters. The first-order chi connectivity index (χ1) is 8.00. The van der Waals surface area contributed by atoms with Crippen molar-refractivity contribution < 1.29 is 12.8 Å². The number of sulfonamides is 1. The maximum atomic E-state index is 13.4. The van der Waals surface area contributed by atoms with E-state index in [0.717, 1.165) is 12.6 Å². The second-order valence-electron chi connectivity index (χ2n) is 4.29. The Hall–Kier alpha value is -0.980. The van der Waals surface area contributed by atoms with Gasteiger partial charge in [0.2, 0.25) is 10.0 Å². The predicted octanol–water partition coefficient (Wildman–Crippen LogP) is 0.712. The number of nitrogens with one attached hydrogen (secondary N) is 2. The van der Waals surface area contributed by atoms with Crippen molar-refractivity contribution in [3.8, 4) is 0 Å². The molecule has 0 aliphatic carbocycles. The van der Waals surface area contributed by atoms with E-state index in [2.05, 4.69) is 10.0 Å². The lowest BCUT2D eigenvalue weighted by molar-refractivity contribution is 0.497. The Kier molecular flexibility index (Phi) is 3.46. The third-order valence-electron chi connectivity index (χ3n) is 2.95. The van der Waals surface area contributed by atoms with Crippen LogP contribution in [0.3, 0.4) is 0 Å². The van der Waals surface area contributed by atoms with Crippen LogP contribution in [0.1, 0.15) is 6.92 Å². The highest BCUT2D eigenvalue weighted by atomic mass is 32.2. The van der Waals surface area contributed by atoms with Crippen LogP contribution < -0.4 is 10.0 Å². The zero-order valence-corrected chi connectivity index (χ0v) is 10.3. The van der Waals surface area contributed by atoms with Gasteiger partial charge < -0.3 is 5.32 Å². The highest BCUT2D eigenvalue weighted by Gasteiger charge is 2.29. The number of hydrogen-bond donors (Lipinski definition) is 2. The first-order valence-corrected chi connectivity index (χ1v) is 6.96. The average molecular weight is 258 g/mol. The minimum Gasteiger partial charge on any atom is -0.315 e. The van der Waals surface area contributed by atoms with E-state index < -0.39 is 15.8 Å². The summed E-state index contributed by atoms with van der Waals surface area (Å²) in [6.45, 7) is 3.30. The average Bonchev–Trinajstić information content (AvgIpc) is 2.64. The maximum Gasteiger partial charge on any atom is 0.243 e. The van der Waals surface area contributed by atoms with Crippen molar-refractivity contribution in [3.63, 3.8) is 0 Å². The normalized spacial score (nSPS) is 25.1. The summed E-state index contributed by atoms with van der Waals surface area (Å²) in [5.41, 5.74) is 0. The Bertz CT molecular complexity index is 504. The summed E-state index contributed by atoms with van der Waals surface area (Å²) < 4.78 is 39.9. The lowest BCUT2D eigenvalue weighted by Crippen LogP contribution is -2.39. The van der Waals surface area contributed by atoms with E-state index in [0.29, 0.717) is 6.54 Å². The van der Waals surface area contributed by atoms with Gasteiger partial charge in [-0.25, -0.2) is 17.5 Å². The minimum absolute atomic E-state index is 0.181. The third kappa shape index (κ3) is 2.65. The van der Waals surface area contributed by atoms with Gasteiger partial charge in [0.25, 0.3) is 0 Å². The fourth-order valence-electron chi connectivity index (χ4n) is 1.89.